The summed E-state index contributed by atoms with van der Waals surface area (Å²) in [5.41, 5.74) is -5.30. The van der Waals surface area contributed by atoms with Crippen LogP contribution in [-0.2, 0) is 0 Å². The average molecular weight is 455 g/mol. The van der Waals surface area contributed by atoms with E-state index in [0.717, 1.165) is 0 Å². The highest BCUT2D eigenvalue weighted by Gasteiger charge is 2.75. The molecule has 0 saturated carbocycles. The van der Waals surface area contributed by atoms with Gasteiger partial charge in [-0.2, -0.15) is 57.1 Å². The minimum Gasteiger partial charge on any atom is -0.200 e. The van der Waals surface area contributed by atoms with Crippen LogP contribution in [0.15, 0.2) is 0 Å². The molecule has 0 aromatic heterocycles. The minimum absolute atomic E-state index is 1.16. The lowest BCUT2D eigenvalue weighted by Gasteiger charge is -2.40. The van der Waals surface area contributed by atoms with Crippen molar-refractivity contribution < 1.29 is 57.1 Å². The smallest absolute Gasteiger partial charge is 0.200 e. The molecule has 0 N–H and O–H groups in total. The molecule has 24 heavy (non-hydrogen) atoms. The third-order valence-electron chi connectivity index (χ3n) is 3.09. The first-order valence-electron chi connectivity index (χ1n) is 5.74. The highest BCUT2D eigenvalue weighted by molar-refractivity contribution is 9.09. The van der Waals surface area contributed by atoms with Crippen LogP contribution in [0.5, 0.6) is 0 Å². The highest BCUT2D eigenvalue weighted by atomic mass is 79.9. The van der Waals surface area contributed by atoms with E-state index in [1.807, 2.05) is 0 Å². The lowest BCUT2D eigenvalue weighted by molar-refractivity contribution is -0.369. The highest BCUT2D eigenvalue weighted by Crippen LogP contribution is 2.60. The topological polar surface area (TPSA) is 0 Å². The van der Waals surface area contributed by atoms with Gasteiger partial charge in [0.1, 0.15) is 6.42 Å². The second kappa shape index (κ2) is 6.71. The fourth-order valence-corrected chi connectivity index (χ4v) is 2.46. The Kier molecular flexibility index (Phi) is 6.59. The van der Waals surface area contributed by atoms with Gasteiger partial charge in [0.05, 0.1) is 0 Å². The van der Waals surface area contributed by atoms with Crippen LogP contribution in [0.2, 0.25) is 0 Å². The summed E-state index contributed by atoms with van der Waals surface area (Å²) >= 11 is 2.16. The fourth-order valence-electron chi connectivity index (χ4n) is 1.78. The molecule has 0 spiro atoms. The van der Waals surface area contributed by atoms with E-state index in [4.69, 9.17) is 0 Å². The summed E-state index contributed by atoms with van der Waals surface area (Å²) in [5, 5.41) is -1.16. The van der Waals surface area contributed by atoms with Crippen molar-refractivity contribution in [1.82, 2.24) is 0 Å². The first-order chi connectivity index (χ1) is 10.2. The summed E-state index contributed by atoms with van der Waals surface area (Å²) in [4.78, 5) is 0. The predicted molar refractivity (Wildman–Crippen MR) is 58.1 cm³/mol. The van der Waals surface area contributed by atoms with Gasteiger partial charge in [-0.15, -0.1) is 0 Å². The quantitative estimate of drug-likeness (QED) is 0.317. The summed E-state index contributed by atoms with van der Waals surface area (Å²) in [6.45, 7) is 0. The van der Waals surface area contributed by atoms with Crippen molar-refractivity contribution in [3.8, 4) is 0 Å². The van der Waals surface area contributed by atoms with Crippen LogP contribution in [0.1, 0.15) is 19.3 Å². The third kappa shape index (κ3) is 5.04. The first-order valence-corrected chi connectivity index (χ1v) is 6.86. The van der Waals surface area contributed by atoms with E-state index in [-0.39, 0.29) is 0 Å². The molecule has 0 heterocycles. The molecule has 0 aliphatic heterocycles. The van der Waals surface area contributed by atoms with Gasteiger partial charge in [0.25, 0.3) is 0 Å². The van der Waals surface area contributed by atoms with E-state index in [1.54, 1.807) is 0 Å². The molecule has 0 amide bonds. The Labute approximate surface area is 134 Å². The van der Waals surface area contributed by atoms with Crippen molar-refractivity contribution >= 4 is 15.9 Å². The minimum atomic E-state index is -6.45. The van der Waals surface area contributed by atoms with Crippen LogP contribution in [0, 0.1) is 5.41 Å². The Morgan fingerprint density at radius 2 is 0.875 bits per heavy atom. The Morgan fingerprint density at radius 3 is 1.12 bits per heavy atom. The zero-order valence-electron chi connectivity index (χ0n) is 11.1. The molecule has 0 fully saturated rings. The molecular weight excluding hydrogens is 447 g/mol. The Balaban J connectivity index is 6.04. The van der Waals surface area contributed by atoms with Crippen molar-refractivity contribution in [2.45, 2.75) is 49.6 Å². The van der Waals surface area contributed by atoms with Crippen LogP contribution in [0.4, 0.5) is 57.1 Å². The summed E-state index contributed by atoms with van der Waals surface area (Å²) in [6.07, 6.45) is -28.1. The van der Waals surface area contributed by atoms with Gasteiger partial charge in [-0.25, -0.2) is 0 Å². The van der Waals surface area contributed by atoms with E-state index in [0.29, 0.717) is 0 Å². The summed E-state index contributed by atoms with van der Waals surface area (Å²) in [6, 6.07) is 0. The van der Waals surface area contributed by atoms with Gasteiger partial charge in [0.15, 0.2) is 5.41 Å². The summed E-state index contributed by atoms with van der Waals surface area (Å²) in [7, 11) is 0. The number of hydrogen-bond donors (Lipinski definition) is 0. The van der Waals surface area contributed by atoms with Gasteiger partial charge in [-0.3, -0.25) is 0 Å². The summed E-state index contributed by atoms with van der Waals surface area (Å²) in [5.74, 6) is -12.4. The van der Waals surface area contributed by atoms with Crippen LogP contribution < -0.4 is 0 Å². The lowest BCUT2D eigenvalue weighted by atomic mass is 9.76. The molecule has 0 unspecified atom stereocenters. The monoisotopic (exact) mass is 454 g/mol. The number of hydrogen-bond acceptors (Lipinski definition) is 0. The van der Waals surface area contributed by atoms with Gasteiger partial charge in [-0.05, 0) is 6.42 Å². The van der Waals surface area contributed by atoms with Crippen LogP contribution >= 0.6 is 15.9 Å². The first kappa shape index (κ1) is 23.6. The summed E-state index contributed by atoms with van der Waals surface area (Å²) < 4.78 is 165. The van der Waals surface area contributed by atoms with Crippen molar-refractivity contribution in [3.05, 3.63) is 0 Å². The van der Waals surface area contributed by atoms with Crippen molar-refractivity contribution in [2.24, 2.45) is 5.41 Å². The van der Waals surface area contributed by atoms with Crippen LogP contribution in [-0.4, -0.2) is 35.7 Å². The zero-order chi connectivity index (χ0) is 19.8. The molecule has 0 nitrogen and oxygen atoms in total. The SMILES string of the molecule is FC(F)(F)CC(F)(F)C(F)(F)CC(CCBr)(C(F)(F)F)C(F)(F)F. The van der Waals surface area contributed by atoms with E-state index < -0.39 is 60.4 Å². The van der Waals surface area contributed by atoms with E-state index >= 15 is 0 Å². The number of rotatable bonds is 6. The van der Waals surface area contributed by atoms with Gasteiger partial charge >= 0.3 is 30.4 Å². The van der Waals surface area contributed by atoms with Gasteiger partial charge in [0, 0.05) is 11.8 Å². The van der Waals surface area contributed by atoms with E-state index in [2.05, 4.69) is 15.9 Å². The lowest BCUT2D eigenvalue weighted by Crippen LogP contribution is -2.57. The molecule has 0 rings (SSSR count). The molecule has 0 aromatic rings. The van der Waals surface area contributed by atoms with E-state index in [1.165, 1.54) is 0 Å². The fraction of sp³-hybridized carbons (Fsp3) is 1.00. The molecular formula is C10H8BrF13. The maximum atomic E-state index is 13.3. The molecule has 0 atom stereocenters. The molecule has 14 heteroatoms. The molecule has 0 radical (unpaired) electrons. The third-order valence-corrected chi connectivity index (χ3v) is 3.48. The molecule has 0 aromatic carbocycles. The van der Waals surface area contributed by atoms with Crippen molar-refractivity contribution in [2.75, 3.05) is 5.33 Å². The number of halogens is 14. The average Bonchev–Trinajstić information content (AvgIpc) is 2.20. The number of alkyl halides is 14. The predicted octanol–water partition coefficient (Wildman–Crippen LogP) is 6.50. The standard InChI is InChI=1S/C10H8BrF13/c11-2-1-5(9(19,20)21,10(22,23)24)3-6(12,13)7(14,15)4-8(16,17)18/h1-4H2. The Morgan fingerprint density at radius 1 is 0.542 bits per heavy atom. The van der Waals surface area contributed by atoms with Gasteiger partial charge < -0.3 is 0 Å². The maximum absolute atomic E-state index is 13.3. The van der Waals surface area contributed by atoms with Crippen molar-refractivity contribution in [3.63, 3.8) is 0 Å². The molecule has 0 saturated heterocycles. The van der Waals surface area contributed by atoms with Gasteiger partial charge in [0.2, 0.25) is 0 Å². The molecule has 0 bridgehead atoms. The Hall–Kier alpha value is -0.430. The van der Waals surface area contributed by atoms with Crippen molar-refractivity contribution in [1.29, 1.82) is 0 Å². The Bertz CT molecular complexity index is 402. The van der Waals surface area contributed by atoms with Gasteiger partial charge in [-0.1, -0.05) is 15.9 Å². The molecule has 0 aliphatic carbocycles. The molecule has 146 valence electrons. The van der Waals surface area contributed by atoms with Crippen LogP contribution in [0.25, 0.3) is 0 Å². The molecule has 0 aliphatic rings. The second-order valence-electron chi connectivity index (χ2n) is 4.89. The zero-order valence-corrected chi connectivity index (χ0v) is 12.7. The normalized spacial score (nSPS) is 15.8. The second-order valence-corrected chi connectivity index (χ2v) is 5.69. The largest absolute Gasteiger partial charge is 0.403 e. The van der Waals surface area contributed by atoms with E-state index in [9.17, 15) is 57.1 Å². The maximum Gasteiger partial charge on any atom is 0.403 e. The van der Waals surface area contributed by atoms with Crippen LogP contribution in [0.3, 0.4) is 0 Å².